The number of benzene rings is 1. The van der Waals surface area contributed by atoms with Gasteiger partial charge in [0.2, 0.25) is 0 Å². The number of hydrogen-bond donors (Lipinski definition) is 1. The predicted molar refractivity (Wildman–Crippen MR) is 117 cm³/mol. The molecule has 0 bridgehead atoms. The lowest BCUT2D eigenvalue weighted by atomic mass is 9.46. The summed E-state index contributed by atoms with van der Waals surface area (Å²) in [6, 6.07) is 8.20. The zero-order chi connectivity index (χ0) is 20.7. The minimum atomic E-state index is -0.128. The molecule has 2 saturated carbocycles. The molecule has 2 fully saturated rings. The van der Waals surface area contributed by atoms with Crippen LogP contribution in [0.1, 0.15) is 58.2 Å². The standard InChI is InChI=1S/C26H28N2O2/c1-25-12-10-18-16(14-23(30)20-13-15(29)9-11-26(18,20)2)17(25)7-8-19(25)24-27-21-5-3-4-6-22(21)28-24/h3-6,8,13,16-18H,7,9-12,14H2,1-2H3,(H,27,28)/t16-,17-,18-,25-,26+/m0/s1. The van der Waals surface area contributed by atoms with Crippen LogP contribution in [0.4, 0.5) is 0 Å². The highest BCUT2D eigenvalue weighted by molar-refractivity contribution is 6.05. The molecule has 0 amide bonds. The number of nitrogens with zero attached hydrogens (tertiary/aromatic N) is 1. The average Bonchev–Trinajstić information content (AvgIpc) is 3.29. The van der Waals surface area contributed by atoms with Gasteiger partial charge in [-0.2, -0.15) is 0 Å². The number of carbonyl (C=O) groups is 2. The Morgan fingerprint density at radius 1 is 1.03 bits per heavy atom. The van der Waals surface area contributed by atoms with E-state index in [1.807, 2.05) is 12.1 Å². The van der Waals surface area contributed by atoms with E-state index < -0.39 is 0 Å². The summed E-state index contributed by atoms with van der Waals surface area (Å²) in [6.45, 7) is 4.65. The van der Waals surface area contributed by atoms with Gasteiger partial charge in [0.25, 0.3) is 0 Å². The Bertz CT molecular complexity index is 1120. The van der Waals surface area contributed by atoms with Crippen molar-refractivity contribution < 1.29 is 9.59 Å². The van der Waals surface area contributed by atoms with E-state index in [9.17, 15) is 9.59 Å². The summed E-state index contributed by atoms with van der Waals surface area (Å²) in [6.07, 6.45) is 9.33. The number of nitrogens with one attached hydrogen (secondary N) is 1. The molecule has 4 heteroatoms. The van der Waals surface area contributed by atoms with Crippen molar-refractivity contribution in [3.63, 3.8) is 0 Å². The third kappa shape index (κ3) is 2.31. The normalized spacial score (nSPS) is 38.0. The molecule has 0 spiro atoms. The van der Waals surface area contributed by atoms with E-state index in [1.54, 1.807) is 6.08 Å². The van der Waals surface area contributed by atoms with E-state index in [4.69, 9.17) is 4.98 Å². The maximum atomic E-state index is 13.1. The van der Waals surface area contributed by atoms with E-state index in [-0.39, 0.29) is 22.4 Å². The lowest BCUT2D eigenvalue weighted by Crippen LogP contribution is -2.52. The fourth-order valence-electron chi connectivity index (χ4n) is 7.40. The number of allylic oxidation sites excluding steroid dienone is 4. The van der Waals surface area contributed by atoms with E-state index in [0.717, 1.165) is 48.1 Å². The first-order valence-corrected chi connectivity index (χ1v) is 11.3. The molecule has 0 radical (unpaired) electrons. The van der Waals surface area contributed by atoms with Crippen molar-refractivity contribution in [1.82, 2.24) is 9.97 Å². The Hall–Kier alpha value is -2.49. The zero-order valence-corrected chi connectivity index (χ0v) is 17.7. The summed E-state index contributed by atoms with van der Waals surface area (Å²) in [5.74, 6) is 2.70. The molecule has 6 rings (SSSR count). The van der Waals surface area contributed by atoms with Crippen LogP contribution in [0, 0.1) is 28.6 Å². The highest BCUT2D eigenvalue weighted by Crippen LogP contribution is 2.65. The Morgan fingerprint density at radius 3 is 2.67 bits per heavy atom. The number of para-hydroxylation sites is 2. The molecule has 4 aliphatic carbocycles. The van der Waals surface area contributed by atoms with E-state index >= 15 is 0 Å². The van der Waals surface area contributed by atoms with Crippen molar-refractivity contribution in [2.75, 3.05) is 0 Å². The molecule has 0 saturated heterocycles. The van der Waals surface area contributed by atoms with Crippen molar-refractivity contribution in [3.05, 3.63) is 47.8 Å². The molecule has 1 heterocycles. The molecule has 4 nitrogen and oxygen atoms in total. The maximum absolute atomic E-state index is 13.1. The second-order valence-electron chi connectivity index (χ2n) is 10.4. The van der Waals surface area contributed by atoms with Gasteiger partial charge in [0, 0.05) is 18.4 Å². The molecular formula is C26H28N2O2. The van der Waals surface area contributed by atoms with Crippen LogP contribution in [-0.4, -0.2) is 21.5 Å². The van der Waals surface area contributed by atoms with Crippen LogP contribution in [0.2, 0.25) is 0 Å². The number of carbonyl (C=O) groups excluding carboxylic acids is 2. The summed E-state index contributed by atoms with van der Waals surface area (Å²) in [7, 11) is 0. The van der Waals surface area contributed by atoms with Crippen LogP contribution in [-0.2, 0) is 9.59 Å². The van der Waals surface area contributed by atoms with Crippen LogP contribution < -0.4 is 0 Å². The highest BCUT2D eigenvalue weighted by atomic mass is 16.1. The summed E-state index contributed by atoms with van der Waals surface area (Å²) >= 11 is 0. The smallest absolute Gasteiger partial charge is 0.159 e. The van der Waals surface area contributed by atoms with Gasteiger partial charge in [-0.1, -0.05) is 32.1 Å². The van der Waals surface area contributed by atoms with Gasteiger partial charge in [-0.25, -0.2) is 4.98 Å². The van der Waals surface area contributed by atoms with Crippen LogP contribution in [0.25, 0.3) is 16.6 Å². The molecule has 1 aromatic heterocycles. The Kier molecular flexibility index (Phi) is 3.67. The van der Waals surface area contributed by atoms with E-state index in [0.29, 0.717) is 30.6 Å². The first kappa shape index (κ1) is 18.3. The largest absolute Gasteiger partial charge is 0.338 e. The Morgan fingerprint density at radius 2 is 1.83 bits per heavy atom. The topological polar surface area (TPSA) is 62.8 Å². The van der Waals surface area contributed by atoms with E-state index in [2.05, 4.69) is 37.0 Å². The molecule has 0 unspecified atom stereocenters. The molecule has 2 aromatic rings. The monoisotopic (exact) mass is 400 g/mol. The van der Waals surface area contributed by atoms with Crippen molar-refractivity contribution in [2.45, 2.75) is 52.4 Å². The van der Waals surface area contributed by atoms with Crippen LogP contribution >= 0.6 is 0 Å². The highest BCUT2D eigenvalue weighted by Gasteiger charge is 2.59. The summed E-state index contributed by atoms with van der Waals surface area (Å²) in [5.41, 5.74) is 4.17. The van der Waals surface area contributed by atoms with E-state index in [1.165, 1.54) is 5.57 Å². The van der Waals surface area contributed by atoms with Gasteiger partial charge in [-0.15, -0.1) is 0 Å². The number of ketones is 2. The Labute approximate surface area is 176 Å². The van der Waals surface area contributed by atoms with Gasteiger partial charge in [0.15, 0.2) is 11.6 Å². The average molecular weight is 401 g/mol. The first-order chi connectivity index (χ1) is 14.4. The summed E-state index contributed by atoms with van der Waals surface area (Å²) in [4.78, 5) is 33.6. The number of imidazole rings is 1. The molecular weight excluding hydrogens is 372 g/mol. The number of hydrogen-bond acceptors (Lipinski definition) is 3. The van der Waals surface area contributed by atoms with Crippen molar-refractivity contribution in [3.8, 4) is 0 Å². The number of Topliss-reactive ketones (excluding diaryl/α,β-unsaturated/α-hetero) is 1. The first-order valence-electron chi connectivity index (χ1n) is 11.3. The van der Waals surface area contributed by atoms with Gasteiger partial charge >= 0.3 is 0 Å². The summed E-state index contributed by atoms with van der Waals surface area (Å²) in [5, 5.41) is 0. The third-order valence-corrected chi connectivity index (χ3v) is 9.01. The fourth-order valence-corrected chi connectivity index (χ4v) is 7.40. The molecule has 0 aliphatic heterocycles. The van der Waals surface area contributed by atoms with Gasteiger partial charge in [-0.3, -0.25) is 9.59 Å². The maximum Gasteiger partial charge on any atom is 0.159 e. The molecule has 30 heavy (non-hydrogen) atoms. The number of aromatic nitrogens is 2. The van der Waals surface area contributed by atoms with Crippen molar-refractivity contribution in [2.24, 2.45) is 28.6 Å². The SMILES string of the molecule is C[C@]12CCC(=O)C=C1C(=O)C[C@@H]1[C@@H]2CC[C@]2(C)C(c3nc4ccccc4[nH]3)=CC[C@@H]12. The minimum absolute atomic E-state index is 0.0530. The molecule has 5 atom stereocenters. The molecule has 4 aliphatic rings. The summed E-state index contributed by atoms with van der Waals surface area (Å²) < 4.78 is 0. The number of rotatable bonds is 1. The fraction of sp³-hybridized carbons (Fsp3) is 0.500. The van der Waals surface area contributed by atoms with Crippen molar-refractivity contribution >= 4 is 28.2 Å². The van der Waals surface area contributed by atoms with Crippen LogP contribution in [0.3, 0.4) is 0 Å². The van der Waals surface area contributed by atoms with Gasteiger partial charge in [0.05, 0.1) is 11.0 Å². The predicted octanol–water partition coefficient (Wildman–Crippen LogP) is 5.27. The number of H-pyrrole nitrogens is 1. The quantitative estimate of drug-likeness (QED) is 0.709. The Balaban J connectivity index is 1.37. The lowest BCUT2D eigenvalue weighted by Gasteiger charge is -2.57. The van der Waals surface area contributed by atoms with Gasteiger partial charge < -0.3 is 4.98 Å². The second-order valence-corrected chi connectivity index (χ2v) is 10.4. The van der Waals surface area contributed by atoms with Crippen LogP contribution in [0.5, 0.6) is 0 Å². The second kappa shape index (κ2) is 6.03. The number of aromatic amines is 1. The minimum Gasteiger partial charge on any atom is -0.338 e. The zero-order valence-electron chi connectivity index (χ0n) is 17.7. The lowest BCUT2D eigenvalue weighted by molar-refractivity contribution is -0.129. The number of fused-ring (bicyclic) bond motifs is 6. The van der Waals surface area contributed by atoms with Crippen LogP contribution in [0.15, 0.2) is 42.0 Å². The molecule has 1 aromatic carbocycles. The third-order valence-electron chi connectivity index (χ3n) is 9.01. The van der Waals surface area contributed by atoms with Crippen molar-refractivity contribution in [1.29, 1.82) is 0 Å². The van der Waals surface area contributed by atoms with Gasteiger partial charge in [-0.05, 0) is 78.0 Å². The van der Waals surface area contributed by atoms with Gasteiger partial charge in [0.1, 0.15) is 5.82 Å². The molecule has 154 valence electrons. The molecule has 1 N–H and O–H groups in total.